The highest BCUT2D eigenvalue weighted by molar-refractivity contribution is 6.07. The predicted octanol–water partition coefficient (Wildman–Crippen LogP) is 4.22. The minimum absolute atomic E-state index is 0.220. The molecule has 0 saturated carbocycles. The fourth-order valence-corrected chi connectivity index (χ4v) is 4.57. The third kappa shape index (κ3) is 6.38. The van der Waals surface area contributed by atoms with Crippen LogP contribution in [-0.4, -0.2) is 55.7 Å². The van der Waals surface area contributed by atoms with E-state index >= 15 is 0 Å². The summed E-state index contributed by atoms with van der Waals surface area (Å²) in [6.45, 7) is 0.0634. The van der Waals surface area contributed by atoms with Gasteiger partial charge in [0.1, 0.15) is 5.76 Å². The Morgan fingerprint density at radius 1 is 1.05 bits per heavy atom. The molecule has 0 bridgehead atoms. The molecule has 0 unspecified atom stereocenters. The van der Waals surface area contributed by atoms with Crippen LogP contribution in [0.1, 0.15) is 39.4 Å². The molecule has 0 fully saturated rings. The summed E-state index contributed by atoms with van der Waals surface area (Å²) < 4.78 is 21.5. The molecule has 4 aromatic rings. The molecule has 6 rings (SSSR count). The number of amides is 2. The van der Waals surface area contributed by atoms with Crippen molar-refractivity contribution in [2.75, 3.05) is 27.5 Å². The molecule has 210 valence electrons. The van der Waals surface area contributed by atoms with Crippen molar-refractivity contribution in [3.05, 3.63) is 89.0 Å². The Morgan fingerprint density at radius 2 is 1.85 bits per heavy atom. The monoisotopic (exact) mass is 555 g/mol. The highest BCUT2D eigenvalue weighted by atomic mass is 16.7. The van der Waals surface area contributed by atoms with E-state index in [2.05, 4.69) is 11.4 Å². The number of benzene rings is 2. The second-order valence-electron chi connectivity index (χ2n) is 9.61. The van der Waals surface area contributed by atoms with E-state index in [1.165, 1.54) is 11.2 Å². The summed E-state index contributed by atoms with van der Waals surface area (Å²) in [6, 6.07) is 16.8. The normalized spacial score (nSPS) is 13.8. The molecule has 2 aromatic heterocycles. The molecule has 0 saturated heterocycles. The number of para-hydroxylation sites is 1. The van der Waals surface area contributed by atoms with Gasteiger partial charge in [0.05, 0.1) is 29.6 Å². The number of pyridine rings is 1. The minimum atomic E-state index is -0.540. The van der Waals surface area contributed by atoms with E-state index < -0.39 is 11.9 Å². The number of furan rings is 1. The van der Waals surface area contributed by atoms with Crippen molar-refractivity contribution in [2.45, 2.75) is 19.4 Å². The van der Waals surface area contributed by atoms with Gasteiger partial charge in [-0.1, -0.05) is 24.3 Å². The number of allylic oxidation sites excluding steroid dienone is 1. The van der Waals surface area contributed by atoms with Gasteiger partial charge in [-0.3, -0.25) is 9.59 Å². The molecule has 10 nitrogen and oxygen atoms in total. The Morgan fingerprint density at radius 3 is 2.63 bits per heavy atom. The molecule has 1 N–H and O–H groups in total. The van der Waals surface area contributed by atoms with Crippen LogP contribution < -0.4 is 14.8 Å². The van der Waals surface area contributed by atoms with Gasteiger partial charge in [-0.15, -0.1) is 0 Å². The second-order valence-corrected chi connectivity index (χ2v) is 9.61. The van der Waals surface area contributed by atoms with Gasteiger partial charge in [0.25, 0.3) is 5.91 Å². The van der Waals surface area contributed by atoms with Crippen LogP contribution in [0.2, 0.25) is 0 Å². The van der Waals surface area contributed by atoms with Crippen LogP contribution in [0.15, 0.2) is 65.3 Å². The highest BCUT2D eigenvalue weighted by Crippen LogP contribution is 2.39. The average molecular weight is 556 g/mol. The lowest BCUT2D eigenvalue weighted by molar-refractivity contribution is -0.124. The van der Waals surface area contributed by atoms with Crippen LogP contribution in [0.25, 0.3) is 22.6 Å². The number of ether oxygens (including phenoxy) is 3. The lowest BCUT2D eigenvalue weighted by Crippen LogP contribution is -2.28. The van der Waals surface area contributed by atoms with E-state index in [0.29, 0.717) is 34.4 Å². The Balaban J connectivity index is 0.000000623. The van der Waals surface area contributed by atoms with Crippen LogP contribution in [-0.2, 0) is 27.3 Å². The molecule has 3 heterocycles. The van der Waals surface area contributed by atoms with Gasteiger partial charge in [0.2, 0.25) is 13.2 Å². The lowest BCUT2D eigenvalue weighted by Gasteiger charge is -2.12. The summed E-state index contributed by atoms with van der Waals surface area (Å²) in [4.78, 5) is 41.2. The van der Waals surface area contributed by atoms with Gasteiger partial charge in [-0.05, 0) is 65.9 Å². The summed E-state index contributed by atoms with van der Waals surface area (Å²) in [7, 11) is 3.38. The molecule has 2 amide bonds. The van der Waals surface area contributed by atoms with Crippen molar-refractivity contribution in [1.82, 2.24) is 15.2 Å². The smallest absolute Gasteiger partial charge is 0.339 e. The van der Waals surface area contributed by atoms with E-state index in [0.717, 1.165) is 41.0 Å². The number of aromatic nitrogens is 1. The van der Waals surface area contributed by atoms with Crippen LogP contribution >= 0.6 is 0 Å². The summed E-state index contributed by atoms with van der Waals surface area (Å²) in [5, 5.41) is 3.39. The van der Waals surface area contributed by atoms with Crippen molar-refractivity contribution in [2.24, 2.45) is 0 Å². The molecule has 10 heteroatoms. The van der Waals surface area contributed by atoms with Crippen LogP contribution in [0.5, 0.6) is 11.5 Å². The molecule has 2 aliphatic rings. The van der Waals surface area contributed by atoms with Gasteiger partial charge in [0, 0.05) is 19.5 Å². The third-order valence-corrected chi connectivity index (χ3v) is 6.47. The predicted molar refractivity (Wildman–Crippen MR) is 151 cm³/mol. The van der Waals surface area contributed by atoms with E-state index in [9.17, 15) is 14.4 Å². The summed E-state index contributed by atoms with van der Waals surface area (Å²) in [5.74, 6) is 1.12. The van der Waals surface area contributed by atoms with Gasteiger partial charge in [-0.2, -0.15) is 0 Å². The Hall–Kier alpha value is -5.12. The fraction of sp³-hybridized carbons (Fsp3) is 0.226. The van der Waals surface area contributed by atoms with Crippen molar-refractivity contribution in [3.8, 4) is 11.5 Å². The van der Waals surface area contributed by atoms with Crippen molar-refractivity contribution in [1.29, 1.82) is 0 Å². The molecule has 1 aliphatic heterocycles. The Bertz CT molecular complexity index is 1610. The SMILES string of the molecule is CN(C)C=O.O=C(COC(=O)c1c2c(nc3ccccc13)/C(=C/c1ccc3c(c1)OCO3)CC2)NCc1ccco1. The zero-order chi connectivity index (χ0) is 28.8. The number of hydrogen-bond donors (Lipinski definition) is 1. The first-order valence-corrected chi connectivity index (χ1v) is 13.0. The van der Waals surface area contributed by atoms with Gasteiger partial charge in [0.15, 0.2) is 18.1 Å². The first-order chi connectivity index (χ1) is 19.9. The minimum Gasteiger partial charge on any atom is -0.467 e. The van der Waals surface area contributed by atoms with E-state index in [-0.39, 0.29) is 19.9 Å². The first kappa shape index (κ1) is 27.4. The van der Waals surface area contributed by atoms with Crippen LogP contribution in [0.3, 0.4) is 0 Å². The Kier molecular flexibility index (Phi) is 8.28. The molecule has 0 spiro atoms. The summed E-state index contributed by atoms with van der Waals surface area (Å²) in [5.41, 5.74) is 4.77. The summed E-state index contributed by atoms with van der Waals surface area (Å²) in [6.07, 6.45) is 5.73. The number of nitrogens with zero attached hydrogens (tertiary/aromatic N) is 2. The number of carbonyl (C=O) groups excluding carboxylic acids is 3. The Labute approximate surface area is 236 Å². The maximum absolute atomic E-state index is 13.3. The fourth-order valence-electron chi connectivity index (χ4n) is 4.57. The molecule has 0 atom stereocenters. The number of carbonyl (C=O) groups is 3. The molecular weight excluding hydrogens is 526 g/mol. The molecule has 41 heavy (non-hydrogen) atoms. The number of fused-ring (bicyclic) bond motifs is 3. The summed E-state index contributed by atoms with van der Waals surface area (Å²) >= 11 is 0. The topological polar surface area (TPSA) is 120 Å². The molecular formula is C31H29N3O7. The van der Waals surface area contributed by atoms with E-state index in [1.807, 2.05) is 42.5 Å². The van der Waals surface area contributed by atoms with Crippen molar-refractivity contribution < 1.29 is 33.0 Å². The van der Waals surface area contributed by atoms with Gasteiger partial charge >= 0.3 is 5.97 Å². The van der Waals surface area contributed by atoms with Crippen LogP contribution in [0.4, 0.5) is 0 Å². The third-order valence-electron chi connectivity index (χ3n) is 6.47. The maximum atomic E-state index is 13.3. The van der Waals surface area contributed by atoms with Gasteiger partial charge in [-0.25, -0.2) is 9.78 Å². The quantitative estimate of drug-likeness (QED) is 0.266. The standard InChI is InChI=1S/C28H22N2O6.C3H7NO/c31-25(29-14-19-4-3-11-33-19)15-34-28(32)26-20-5-1-2-6-22(20)30-27-18(8-9-21(26)27)12-17-7-10-23-24(13-17)36-16-35-23;1-4(2)3-5/h1-7,10-13H,8-9,14-16H2,(H,29,31);3H,1-2H3/b18-12+;. The van der Waals surface area contributed by atoms with Crippen LogP contribution in [0, 0.1) is 0 Å². The molecule has 1 aliphatic carbocycles. The van der Waals surface area contributed by atoms with Crippen molar-refractivity contribution >= 4 is 40.8 Å². The number of hydrogen-bond acceptors (Lipinski definition) is 8. The largest absolute Gasteiger partial charge is 0.467 e. The van der Waals surface area contributed by atoms with Gasteiger partial charge < -0.3 is 28.8 Å². The highest BCUT2D eigenvalue weighted by Gasteiger charge is 2.28. The van der Waals surface area contributed by atoms with E-state index in [1.54, 1.807) is 26.2 Å². The maximum Gasteiger partial charge on any atom is 0.339 e. The second kappa shape index (κ2) is 12.4. The molecule has 2 aromatic carbocycles. The first-order valence-electron chi connectivity index (χ1n) is 13.0. The van der Waals surface area contributed by atoms with E-state index in [4.69, 9.17) is 23.6 Å². The lowest BCUT2D eigenvalue weighted by atomic mass is 10.0. The number of nitrogens with one attached hydrogen (secondary N) is 1. The zero-order valence-electron chi connectivity index (χ0n) is 22.7. The zero-order valence-corrected chi connectivity index (χ0v) is 22.7. The number of esters is 1. The number of rotatable bonds is 7. The molecule has 0 radical (unpaired) electrons. The average Bonchev–Trinajstić information content (AvgIpc) is 3.75. The van der Waals surface area contributed by atoms with Crippen molar-refractivity contribution in [3.63, 3.8) is 0 Å².